The lowest BCUT2D eigenvalue weighted by atomic mass is 10.2. The van der Waals surface area contributed by atoms with Crippen molar-refractivity contribution in [1.29, 1.82) is 0 Å². The zero-order chi connectivity index (χ0) is 13.1. The maximum atomic E-state index is 12.0. The monoisotopic (exact) mass is 254 g/mol. The standard InChI is InChI=1S/C10H14N4O4/c1-6-11-9(13-12-6)10(17)14-2-3-18-7(5-14)4-8(15)16/h7H,2-5H2,1H3,(H,15,16)(H,11,12,13). The minimum atomic E-state index is -0.942. The fourth-order valence-electron chi connectivity index (χ4n) is 1.80. The molecule has 0 aliphatic carbocycles. The van der Waals surface area contributed by atoms with Gasteiger partial charge in [-0.05, 0) is 6.92 Å². The number of aromatic amines is 1. The summed E-state index contributed by atoms with van der Waals surface area (Å²) >= 11 is 0. The van der Waals surface area contributed by atoms with Crippen molar-refractivity contribution in [3.8, 4) is 0 Å². The summed E-state index contributed by atoms with van der Waals surface area (Å²) in [7, 11) is 0. The van der Waals surface area contributed by atoms with Crippen molar-refractivity contribution in [2.75, 3.05) is 19.7 Å². The predicted octanol–water partition coefficient (Wildman–Crippen LogP) is -0.571. The number of ether oxygens (including phenoxy) is 1. The van der Waals surface area contributed by atoms with Crippen LogP contribution >= 0.6 is 0 Å². The third-order valence-electron chi connectivity index (χ3n) is 2.62. The third-order valence-corrected chi connectivity index (χ3v) is 2.62. The molecule has 1 aromatic heterocycles. The Balaban J connectivity index is 2.00. The summed E-state index contributed by atoms with van der Waals surface area (Å²) in [5, 5.41) is 15.1. The van der Waals surface area contributed by atoms with Gasteiger partial charge in [0.05, 0.1) is 19.1 Å². The molecule has 98 valence electrons. The van der Waals surface area contributed by atoms with Gasteiger partial charge in [0, 0.05) is 13.1 Å². The molecule has 1 fully saturated rings. The van der Waals surface area contributed by atoms with Gasteiger partial charge in [-0.25, -0.2) is 4.98 Å². The maximum Gasteiger partial charge on any atom is 0.306 e. The molecule has 8 heteroatoms. The lowest BCUT2D eigenvalue weighted by Gasteiger charge is -2.31. The average molecular weight is 254 g/mol. The number of hydrogen-bond acceptors (Lipinski definition) is 5. The fraction of sp³-hybridized carbons (Fsp3) is 0.600. The highest BCUT2D eigenvalue weighted by Crippen LogP contribution is 2.11. The number of aryl methyl sites for hydroxylation is 1. The minimum absolute atomic E-state index is 0.100. The molecular weight excluding hydrogens is 240 g/mol. The van der Waals surface area contributed by atoms with Crippen LogP contribution in [0.15, 0.2) is 0 Å². The number of nitrogens with zero attached hydrogens (tertiary/aromatic N) is 3. The van der Waals surface area contributed by atoms with Gasteiger partial charge in [0.2, 0.25) is 5.82 Å². The number of amides is 1. The SMILES string of the molecule is Cc1nc(C(=O)N2CCOC(CC(=O)O)C2)n[nH]1. The van der Waals surface area contributed by atoms with E-state index in [1.165, 1.54) is 4.90 Å². The molecule has 1 amide bonds. The van der Waals surface area contributed by atoms with E-state index < -0.39 is 12.1 Å². The Morgan fingerprint density at radius 2 is 2.39 bits per heavy atom. The Bertz CT molecular complexity index is 458. The van der Waals surface area contributed by atoms with Crippen molar-refractivity contribution in [2.45, 2.75) is 19.4 Å². The van der Waals surface area contributed by atoms with Crippen molar-refractivity contribution < 1.29 is 19.4 Å². The lowest BCUT2D eigenvalue weighted by molar-refractivity contribution is -0.141. The molecule has 2 rings (SSSR count). The zero-order valence-corrected chi connectivity index (χ0v) is 9.92. The van der Waals surface area contributed by atoms with Crippen LogP contribution in [-0.2, 0) is 9.53 Å². The first kappa shape index (κ1) is 12.5. The van der Waals surface area contributed by atoms with Crippen LogP contribution in [0.2, 0.25) is 0 Å². The summed E-state index contributed by atoms with van der Waals surface area (Å²) in [5.41, 5.74) is 0. The van der Waals surface area contributed by atoms with Crippen LogP contribution < -0.4 is 0 Å². The quantitative estimate of drug-likeness (QED) is 0.747. The predicted molar refractivity (Wildman–Crippen MR) is 59.0 cm³/mol. The van der Waals surface area contributed by atoms with Crippen LogP contribution in [0.3, 0.4) is 0 Å². The zero-order valence-electron chi connectivity index (χ0n) is 9.92. The summed E-state index contributed by atoms with van der Waals surface area (Å²) in [6, 6.07) is 0. The number of aliphatic carboxylic acids is 1. The Morgan fingerprint density at radius 1 is 1.61 bits per heavy atom. The number of carbonyl (C=O) groups excluding carboxylic acids is 1. The molecule has 1 aromatic rings. The first-order valence-corrected chi connectivity index (χ1v) is 5.58. The highest BCUT2D eigenvalue weighted by atomic mass is 16.5. The molecule has 0 radical (unpaired) electrons. The normalized spacial score (nSPS) is 19.8. The van der Waals surface area contributed by atoms with Crippen LogP contribution in [0.4, 0.5) is 0 Å². The number of aromatic nitrogens is 3. The molecule has 0 bridgehead atoms. The van der Waals surface area contributed by atoms with Gasteiger partial charge in [0.1, 0.15) is 5.82 Å². The Morgan fingerprint density at radius 3 is 3.00 bits per heavy atom. The number of hydrogen-bond donors (Lipinski definition) is 2. The van der Waals surface area contributed by atoms with E-state index in [1.807, 2.05) is 0 Å². The van der Waals surface area contributed by atoms with Gasteiger partial charge in [-0.3, -0.25) is 14.7 Å². The second kappa shape index (κ2) is 5.13. The molecule has 2 heterocycles. The van der Waals surface area contributed by atoms with Gasteiger partial charge in [0.25, 0.3) is 5.91 Å². The van der Waals surface area contributed by atoms with Crippen molar-refractivity contribution in [3.63, 3.8) is 0 Å². The molecule has 8 nitrogen and oxygen atoms in total. The van der Waals surface area contributed by atoms with Crippen molar-refractivity contribution in [3.05, 3.63) is 11.6 Å². The fourth-order valence-corrected chi connectivity index (χ4v) is 1.80. The van der Waals surface area contributed by atoms with Gasteiger partial charge in [-0.15, -0.1) is 5.10 Å². The number of nitrogens with one attached hydrogen (secondary N) is 1. The Labute approximate surface area is 103 Å². The van der Waals surface area contributed by atoms with Gasteiger partial charge < -0.3 is 14.7 Å². The van der Waals surface area contributed by atoms with Gasteiger partial charge >= 0.3 is 5.97 Å². The minimum Gasteiger partial charge on any atom is -0.481 e. The Hall–Kier alpha value is -1.96. The third kappa shape index (κ3) is 2.83. The highest BCUT2D eigenvalue weighted by molar-refractivity contribution is 5.90. The summed E-state index contributed by atoms with van der Waals surface area (Å²) in [5.74, 6) is -0.585. The molecule has 1 aliphatic rings. The summed E-state index contributed by atoms with van der Waals surface area (Å²) < 4.78 is 5.29. The second-order valence-electron chi connectivity index (χ2n) is 4.09. The molecule has 1 unspecified atom stereocenters. The molecule has 0 spiro atoms. The van der Waals surface area contributed by atoms with E-state index in [0.29, 0.717) is 19.0 Å². The van der Waals surface area contributed by atoms with Crippen LogP contribution in [0.25, 0.3) is 0 Å². The van der Waals surface area contributed by atoms with E-state index >= 15 is 0 Å². The van der Waals surface area contributed by atoms with Crippen LogP contribution in [0, 0.1) is 6.92 Å². The van der Waals surface area contributed by atoms with E-state index in [-0.39, 0.29) is 24.7 Å². The topological polar surface area (TPSA) is 108 Å². The summed E-state index contributed by atoms with van der Waals surface area (Å²) in [6.07, 6.45) is -0.586. The number of rotatable bonds is 3. The average Bonchev–Trinajstić information content (AvgIpc) is 2.74. The first-order chi connectivity index (χ1) is 8.56. The largest absolute Gasteiger partial charge is 0.481 e. The van der Waals surface area contributed by atoms with Crippen molar-refractivity contribution >= 4 is 11.9 Å². The number of carboxylic acid groups (broad SMARTS) is 1. The molecule has 1 aliphatic heterocycles. The summed E-state index contributed by atoms with van der Waals surface area (Å²) in [6.45, 7) is 2.70. The molecule has 1 atom stereocenters. The number of carboxylic acids is 1. The second-order valence-corrected chi connectivity index (χ2v) is 4.09. The smallest absolute Gasteiger partial charge is 0.306 e. The highest BCUT2D eigenvalue weighted by Gasteiger charge is 2.28. The molecular formula is C10H14N4O4. The van der Waals surface area contributed by atoms with Gasteiger partial charge in [-0.1, -0.05) is 0 Å². The summed E-state index contributed by atoms with van der Waals surface area (Å²) in [4.78, 5) is 28.1. The maximum absolute atomic E-state index is 12.0. The molecule has 0 aromatic carbocycles. The number of carbonyl (C=O) groups is 2. The molecule has 0 saturated carbocycles. The number of morpholine rings is 1. The molecule has 18 heavy (non-hydrogen) atoms. The lowest BCUT2D eigenvalue weighted by Crippen LogP contribution is -2.46. The van der Waals surface area contributed by atoms with E-state index in [1.54, 1.807) is 6.92 Å². The number of H-pyrrole nitrogens is 1. The van der Waals surface area contributed by atoms with Crippen molar-refractivity contribution in [2.24, 2.45) is 0 Å². The first-order valence-electron chi connectivity index (χ1n) is 5.58. The molecule has 2 N–H and O–H groups in total. The van der Waals surface area contributed by atoms with Gasteiger partial charge in [-0.2, -0.15) is 0 Å². The van der Waals surface area contributed by atoms with Crippen LogP contribution in [0.1, 0.15) is 22.9 Å². The van der Waals surface area contributed by atoms with Crippen LogP contribution in [-0.4, -0.2) is 62.9 Å². The van der Waals surface area contributed by atoms with E-state index in [9.17, 15) is 9.59 Å². The van der Waals surface area contributed by atoms with E-state index in [2.05, 4.69) is 15.2 Å². The van der Waals surface area contributed by atoms with E-state index in [0.717, 1.165) is 0 Å². The Kier molecular flexibility index (Phi) is 3.56. The van der Waals surface area contributed by atoms with E-state index in [4.69, 9.17) is 9.84 Å². The molecule has 1 saturated heterocycles. The van der Waals surface area contributed by atoms with Crippen LogP contribution in [0.5, 0.6) is 0 Å². The van der Waals surface area contributed by atoms with Crippen molar-refractivity contribution in [1.82, 2.24) is 20.1 Å². The van der Waals surface area contributed by atoms with Gasteiger partial charge in [0.15, 0.2) is 0 Å².